The number of nitrogens with zero attached hydrogens (tertiary/aromatic N) is 1. The van der Waals surface area contributed by atoms with Crippen molar-refractivity contribution in [3.63, 3.8) is 0 Å². The number of carbonyl (C=O) groups excluding carboxylic acids is 2. The summed E-state index contributed by atoms with van der Waals surface area (Å²) in [5.41, 5.74) is 1.02. The predicted octanol–water partition coefficient (Wildman–Crippen LogP) is 2.63. The maximum Gasteiger partial charge on any atom is 0.225 e. The highest BCUT2D eigenvalue weighted by Gasteiger charge is 2.34. The smallest absolute Gasteiger partial charge is 0.225 e. The molecular formula is C19H27BrN2O4. The summed E-state index contributed by atoms with van der Waals surface area (Å²) in [5.74, 6) is 1.48. The van der Waals surface area contributed by atoms with Gasteiger partial charge in [0.1, 0.15) is 0 Å². The number of rotatable bonds is 8. The predicted molar refractivity (Wildman–Crippen MR) is 103 cm³/mol. The Balaban J connectivity index is 1.88. The van der Waals surface area contributed by atoms with Gasteiger partial charge in [0.05, 0.1) is 20.1 Å². The molecule has 0 unspecified atom stereocenters. The van der Waals surface area contributed by atoms with E-state index in [1.165, 1.54) is 0 Å². The molecule has 2 amide bonds. The summed E-state index contributed by atoms with van der Waals surface area (Å²) in [6.07, 6.45) is 0.960. The molecule has 1 aromatic carbocycles. The first-order valence-corrected chi connectivity index (χ1v) is 9.60. The second-order valence-electron chi connectivity index (χ2n) is 6.93. The van der Waals surface area contributed by atoms with Gasteiger partial charge in [-0.05, 0) is 30.0 Å². The van der Waals surface area contributed by atoms with Gasteiger partial charge in [0, 0.05) is 30.5 Å². The van der Waals surface area contributed by atoms with Crippen LogP contribution in [0.1, 0.15) is 25.8 Å². The van der Waals surface area contributed by atoms with Gasteiger partial charge in [0.15, 0.2) is 11.5 Å². The highest BCUT2D eigenvalue weighted by molar-refractivity contribution is 9.10. The number of nitrogens with one attached hydrogen (secondary N) is 1. The van der Waals surface area contributed by atoms with Crippen molar-refractivity contribution < 1.29 is 19.1 Å². The second-order valence-corrected chi connectivity index (χ2v) is 7.79. The number of likely N-dealkylation sites (tertiary alicyclic amines) is 1. The van der Waals surface area contributed by atoms with Crippen LogP contribution >= 0.6 is 15.9 Å². The molecule has 0 spiro atoms. The molecule has 0 aromatic heterocycles. The quantitative estimate of drug-likeness (QED) is 0.693. The van der Waals surface area contributed by atoms with Gasteiger partial charge in [-0.3, -0.25) is 9.59 Å². The van der Waals surface area contributed by atoms with Gasteiger partial charge in [-0.25, -0.2) is 0 Å². The normalized spacial score (nSPS) is 16.9. The van der Waals surface area contributed by atoms with Crippen LogP contribution < -0.4 is 14.8 Å². The van der Waals surface area contributed by atoms with Gasteiger partial charge in [-0.15, -0.1) is 0 Å². The molecule has 0 saturated carbocycles. The molecule has 0 radical (unpaired) electrons. The molecule has 1 heterocycles. The van der Waals surface area contributed by atoms with Gasteiger partial charge in [0.25, 0.3) is 0 Å². The minimum atomic E-state index is -0.255. The number of amides is 2. The van der Waals surface area contributed by atoms with Crippen LogP contribution in [0.5, 0.6) is 11.5 Å². The molecule has 7 heteroatoms. The zero-order valence-electron chi connectivity index (χ0n) is 15.8. The molecule has 144 valence electrons. The van der Waals surface area contributed by atoms with Crippen molar-refractivity contribution in [1.29, 1.82) is 0 Å². The summed E-state index contributed by atoms with van der Waals surface area (Å²) >= 11 is 3.52. The van der Waals surface area contributed by atoms with E-state index in [1.807, 2.05) is 12.1 Å². The van der Waals surface area contributed by atoms with E-state index in [2.05, 4.69) is 35.1 Å². The molecule has 6 nitrogen and oxygen atoms in total. The lowest BCUT2D eigenvalue weighted by molar-refractivity contribution is -0.129. The summed E-state index contributed by atoms with van der Waals surface area (Å²) in [4.78, 5) is 26.2. The maximum absolute atomic E-state index is 12.4. The fourth-order valence-corrected chi connectivity index (χ4v) is 3.64. The van der Waals surface area contributed by atoms with E-state index in [9.17, 15) is 9.59 Å². The van der Waals surface area contributed by atoms with Gasteiger partial charge >= 0.3 is 0 Å². The molecule has 26 heavy (non-hydrogen) atoms. The highest BCUT2D eigenvalue weighted by atomic mass is 79.9. The molecular weight excluding hydrogens is 400 g/mol. The first-order valence-electron chi connectivity index (χ1n) is 8.81. The third-order valence-electron chi connectivity index (χ3n) is 4.42. The van der Waals surface area contributed by atoms with E-state index in [0.717, 1.165) is 10.0 Å². The Bertz CT molecular complexity index is 663. The van der Waals surface area contributed by atoms with Gasteiger partial charge in [-0.2, -0.15) is 0 Å². The lowest BCUT2D eigenvalue weighted by atomic mass is 10.1. The fourth-order valence-electron chi connectivity index (χ4n) is 3.12. The van der Waals surface area contributed by atoms with Crippen LogP contribution in [0.25, 0.3) is 0 Å². The Morgan fingerprint density at radius 2 is 1.96 bits per heavy atom. The molecule has 1 N–H and O–H groups in total. The van der Waals surface area contributed by atoms with E-state index in [-0.39, 0.29) is 17.7 Å². The summed E-state index contributed by atoms with van der Waals surface area (Å²) in [6, 6.07) is 3.76. The van der Waals surface area contributed by atoms with Crippen molar-refractivity contribution in [2.75, 3.05) is 33.9 Å². The van der Waals surface area contributed by atoms with Gasteiger partial charge < -0.3 is 19.7 Å². The topological polar surface area (TPSA) is 67.9 Å². The minimum Gasteiger partial charge on any atom is -0.493 e. The van der Waals surface area contributed by atoms with Crippen LogP contribution in [0.2, 0.25) is 0 Å². The monoisotopic (exact) mass is 426 g/mol. The van der Waals surface area contributed by atoms with Gasteiger partial charge in [-0.1, -0.05) is 29.8 Å². The van der Waals surface area contributed by atoms with Crippen molar-refractivity contribution in [2.45, 2.75) is 26.7 Å². The van der Waals surface area contributed by atoms with Crippen LogP contribution in [0.15, 0.2) is 16.6 Å². The average Bonchev–Trinajstić information content (AvgIpc) is 2.95. The summed E-state index contributed by atoms with van der Waals surface area (Å²) in [5, 5.41) is 2.95. The zero-order valence-corrected chi connectivity index (χ0v) is 17.4. The Morgan fingerprint density at radius 3 is 2.58 bits per heavy atom. The zero-order chi connectivity index (χ0) is 19.3. The lowest BCUT2D eigenvalue weighted by Gasteiger charge is -2.18. The largest absolute Gasteiger partial charge is 0.493 e. The lowest BCUT2D eigenvalue weighted by Crippen LogP contribution is -2.35. The van der Waals surface area contributed by atoms with Gasteiger partial charge in [0.2, 0.25) is 11.8 Å². The number of ether oxygens (including phenoxy) is 2. The molecule has 1 aromatic rings. The number of methoxy groups -OCH3 is 2. The molecule has 1 saturated heterocycles. The Morgan fingerprint density at radius 1 is 1.31 bits per heavy atom. The third kappa shape index (κ3) is 5.13. The average molecular weight is 427 g/mol. The van der Waals surface area contributed by atoms with Crippen molar-refractivity contribution in [1.82, 2.24) is 10.2 Å². The Labute approximate surface area is 163 Å². The fraction of sp³-hybridized carbons (Fsp3) is 0.579. The number of hydrogen-bond acceptors (Lipinski definition) is 4. The number of hydrogen-bond donors (Lipinski definition) is 1. The highest BCUT2D eigenvalue weighted by Crippen LogP contribution is 2.33. The van der Waals surface area contributed by atoms with Crippen molar-refractivity contribution >= 4 is 27.7 Å². The number of benzene rings is 1. The SMILES string of the molecule is COc1cc(Br)c(CCNC(=O)[C@H]2CC(=O)N(CC(C)C)C2)cc1OC. The van der Waals surface area contributed by atoms with Crippen LogP contribution in [-0.4, -0.2) is 50.6 Å². The summed E-state index contributed by atoms with van der Waals surface area (Å²) in [7, 11) is 3.19. The van der Waals surface area contributed by atoms with E-state index in [1.54, 1.807) is 19.1 Å². The Kier molecular flexibility index (Phi) is 7.32. The van der Waals surface area contributed by atoms with Crippen LogP contribution in [0.4, 0.5) is 0 Å². The van der Waals surface area contributed by atoms with Crippen molar-refractivity contribution in [2.24, 2.45) is 11.8 Å². The first-order chi connectivity index (χ1) is 12.3. The molecule has 0 aliphatic carbocycles. The number of halogens is 1. The first kappa shape index (κ1) is 20.6. The summed E-state index contributed by atoms with van der Waals surface area (Å²) in [6.45, 7) is 5.87. The van der Waals surface area contributed by atoms with Crippen molar-refractivity contribution in [3.8, 4) is 11.5 Å². The van der Waals surface area contributed by atoms with E-state index in [4.69, 9.17) is 9.47 Å². The van der Waals surface area contributed by atoms with E-state index in [0.29, 0.717) is 49.9 Å². The number of carbonyl (C=O) groups is 2. The van der Waals surface area contributed by atoms with E-state index >= 15 is 0 Å². The molecule has 1 aliphatic heterocycles. The maximum atomic E-state index is 12.4. The van der Waals surface area contributed by atoms with Crippen LogP contribution in [0.3, 0.4) is 0 Å². The second kappa shape index (κ2) is 9.26. The van der Waals surface area contributed by atoms with Crippen molar-refractivity contribution in [3.05, 3.63) is 22.2 Å². The molecule has 0 bridgehead atoms. The standard InChI is InChI=1S/C19H27BrN2O4/c1-12(2)10-22-11-14(8-18(22)23)19(24)21-6-5-13-7-16(25-3)17(26-4)9-15(13)20/h7,9,12,14H,5-6,8,10-11H2,1-4H3,(H,21,24)/t14-/m0/s1. The molecule has 2 rings (SSSR count). The Hall–Kier alpha value is -1.76. The molecule has 1 atom stereocenters. The summed E-state index contributed by atoms with van der Waals surface area (Å²) < 4.78 is 11.5. The molecule has 1 aliphatic rings. The van der Waals surface area contributed by atoms with E-state index < -0.39 is 0 Å². The third-order valence-corrected chi connectivity index (χ3v) is 5.16. The van der Waals surface area contributed by atoms with Crippen LogP contribution in [-0.2, 0) is 16.0 Å². The molecule has 1 fully saturated rings. The van der Waals surface area contributed by atoms with Crippen LogP contribution in [0, 0.1) is 11.8 Å². The minimum absolute atomic E-state index is 0.0544.